The number of ether oxygens (including phenoxy) is 1. The fourth-order valence-corrected chi connectivity index (χ4v) is 2.48. The van der Waals surface area contributed by atoms with Crippen LogP contribution in [0.4, 0.5) is 5.69 Å². The molecule has 0 aliphatic heterocycles. The molecule has 0 spiro atoms. The molecule has 2 rings (SSSR count). The van der Waals surface area contributed by atoms with Gasteiger partial charge in [0.25, 0.3) is 5.91 Å². The van der Waals surface area contributed by atoms with E-state index in [2.05, 4.69) is 28.5 Å². The molecule has 128 valence electrons. The smallest absolute Gasteiger partial charge is 0.259 e. The van der Waals surface area contributed by atoms with Crippen LogP contribution in [0.1, 0.15) is 26.7 Å². The summed E-state index contributed by atoms with van der Waals surface area (Å²) in [5.41, 5.74) is 6.68. The Bertz CT molecular complexity index is 660. The van der Waals surface area contributed by atoms with Gasteiger partial charge < -0.3 is 10.1 Å². The molecular weight excluding hydrogens is 302 g/mol. The summed E-state index contributed by atoms with van der Waals surface area (Å²) in [5, 5.41) is 7.34. The number of benzene rings is 1. The summed E-state index contributed by atoms with van der Waals surface area (Å²) in [4.78, 5) is 12.0. The molecular formula is C19H25N3O2. The average Bonchev–Trinajstić information content (AvgIpc) is 2.59. The van der Waals surface area contributed by atoms with E-state index >= 15 is 0 Å². The first-order chi connectivity index (χ1) is 11.5. The quantitative estimate of drug-likeness (QED) is 0.621. The first-order valence-electron chi connectivity index (χ1n) is 8.05. The van der Waals surface area contributed by atoms with Crippen LogP contribution in [0.5, 0.6) is 5.75 Å². The van der Waals surface area contributed by atoms with Crippen molar-refractivity contribution in [3.05, 3.63) is 48.1 Å². The average molecular weight is 327 g/mol. The molecule has 0 heterocycles. The second-order valence-electron chi connectivity index (χ2n) is 6.05. The van der Waals surface area contributed by atoms with Crippen LogP contribution < -0.4 is 15.5 Å². The van der Waals surface area contributed by atoms with Gasteiger partial charge in [-0.2, -0.15) is 5.10 Å². The minimum atomic E-state index is -0.177. The van der Waals surface area contributed by atoms with Crippen LogP contribution in [0.3, 0.4) is 0 Å². The lowest BCUT2D eigenvalue weighted by molar-refractivity contribution is -0.119. The number of carbonyl (C=O) groups excluding carboxylic acids is 1. The Kier molecular flexibility index (Phi) is 6.18. The minimum absolute atomic E-state index is 0.162. The summed E-state index contributed by atoms with van der Waals surface area (Å²) in [6.45, 7) is 8.24. The van der Waals surface area contributed by atoms with Gasteiger partial charge in [0.15, 0.2) is 0 Å². The number of amides is 1. The third kappa shape index (κ3) is 4.98. The second kappa shape index (κ2) is 8.34. The number of carbonyl (C=O) groups is 1. The maximum Gasteiger partial charge on any atom is 0.259 e. The van der Waals surface area contributed by atoms with Crippen LogP contribution in [0, 0.1) is 5.92 Å². The van der Waals surface area contributed by atoms with Gasteiger partial charge in [-0.05, 0) is 62.4 Å². The SMILES string of the molecule is C=C(C)[C@H]1CC=C(C)C(=NNC(=O)CNc2ccc(OC)cc2)C1. The van der Waals surface area contributed by atoms with Gasteiger partial charge in [-0.25, -0.2) is 5.43 Å². The van der Waals surface area contributed by atoms with E-state index < -0.39 is 0 Å². The normalized spacial score (nSPS) is 18.7. The van der Waals surface area contributed by atoms with Crippen LogP contribution in [0.25, 0.3) is 0 Å². The number of rotatable bonds is 6. The molecule has 5 nitrogen and oxygen atoms in total. The van der Waals surface area contributed by atoms with Gasteiger partial charge in [0.1, 0.15) is 5.75 Å². The van der Waals surface area contributed by atoms with Gasteiger partial charge in [0.05, 0.1) is 19.4 Å². The Labute approximate surface area is 143 Å². The van der Waals surface area contributed by atoms with Crippen molar-refractivity contribution in [3.8, 4) is 5.75 Å². The molecule has 0 radical (unpaired) electrons. The number of nitrogens with zero attached hydrogens (tertiary/aromatic N) is 1. The molecule has 0 saturated heterocycles. The van der Waals surface area contributed by atoms with Crippen LogP contribution in [-0.4, -0.2) is 25.3 Å². The fourth-order valence-electron chi connectivity index (χ4n) is 2.48. The molecule has 1 aromatic rings. The molecule has 1 atom stereocenters. The predicted octanol–water partition coefficient (Wildman–Crippen LogP) is 3.51. The van der Waals surface area contributed by atoms with E-state index in [0.29, 0.717) is 5.92 Å². The Hall–Kier alpha value is -2.56. The summed E-state index contributed by atoms with van der Waals surface area (Å²) >= 11 is 0. The maximum absolute atomic E-state index is 12.0. The number of hydrogen-bond donors (Lipinski definition) is 2. The summed E-state index contributed by atoms with van der Waals surface area (Å²) in [6.07, 6.45) is 3.97. The Morgan fingerprint density at radius 1 is 1.38 bits per heavy atom. The van der Waals surface area contributed by atoms with Crippen molar-refractivity contribution in [1.82, 2.24) is 5.43 Å². The Balaban J connectivity index is 1.86. The molecule has 5 heteroatoms. The largest absolute Gasteiger partial charge is 0.497 e. The van der Waals surface area contributed by atoms with E-state index in [1.54, 1.807) is 7.11 Å². The van der Waals surface area contributed by atoms with Crippen molar-refractivity contribution in [1.29, 1.82) is 0 Å². The summed E-state index contributed by atoms with van der Waals surface area (Å²) in [7, 11) is 1.62. The number of anilines is 1. The first kappa shape index (κ1) is 17.8. The van der Waals surface area contributed by atoms with E-state index in [4.69, 9.17) is 4.74 Å². The zero-order chi connectivity index (χ0) is 17.5. The zero-order valence-corrected chi connectivity index (χ0v) is 14.6. The molecule has 0 saturated carbocycles. The van der Waals surface area contributed by atoms with Gasteiger partial charge in [-0.3, -0.25) is 4.79 Å². The molecule has 0 bridgehead atoms. The van der Waals surface area contributed by atoms with E-state index in [1.165, 1.54) is 0 Å². The zero-order valence-electron chi connectivity index (χ0n) is 14.6. The number of allylic oxidation sites excluding steroid dienone is 3. The molecule has 1 aliphatic rings. The van der Waals surface area contributed by atoms with Gasteiger partial charge >= 0.3 is 0 Å². The van der Waals surface area contributed by atoms with Crippen molar-refractivity contribution < 1.29 is 9.53 Å². The first-order valence-corrected chi connectivity index (χ1v) is 8.05. The number of methoxy groups -OCH3 is 1. The van der Waals surface area contributed by atoms with E-state index in [-0.39, 0.29) is 12.5 Å². The van der Waals surface area contributed by atoms with Crippen LogP contribution in [0.2, 0.25) is 0 Å². The van der Waals surface area contributed by atoms with Gasteiger partial charge in [0, 0.05) is 5.69 Å². The highest BCUT2D eigenvalue weighted by Crippen LogP contribution is 2.26. The lowest BCUT2D eigenvalue weighted by Crippen LogP contribution is -2.28. The van der Waals surface area contributed by atoms with Crippen LogP contribution in [0.15, 0.2) is 53.2 Å². The highest BCUT2D eigenvalue weighted by molar-refractivity contribution is 6.01. The van der Waals surface area contributed by atoms with Gasteiger partial charge in [0.2, 0.25) is 0 Å². The highest BCUT2D eigenvalue weighted by atomic mass is 16.5. The van der Waals surface area contributed by atoms with Crippen molar-refractivity contribution in [3.63, 3.8) is 0 Å². The van der Waals surface area contributed by atoms with Gasteiger partial charge in [-0.1, -0.05) is 18.2 Å². The number of nitrogens with one attached hydrogen (secondary N) is 2. The van der Waals surface area contributed by atoms with Crippen molar-refractivity contribution in [2.75, 3.05) is 19.0 Å². The lowest BCUT2D eigenvalue weighted by atomic mass is 9.85. The van der Waals surface area contributed by atoms with Crippen molar-refractivity contribution in [2.24, 2.45) is 11.0 Å². The van der Waals surface area contributed by atoms with Crippen LogP contribution >= 0.6 is 0 Å². The monoisotopic (exact) mass is 327 g/mol. The topological polar surface area (TPSA) is 62.7 Å². The molecule has 1 amide bonds. The molecule has 1 aromatic carbocycles. The predicted molar refractivity (Wildman–Crippen MR) is 98.4 cm³/mol. The summed E-state index contributed by atoms with van der Waals surface area (Å²) in [6, 6.07) is 7.41. The molecule has 0 unspecified atom stereocenters. The molecule has 2 N–H and O–H groups in total. The van der Waals surface area contributed by atoms with Crippen LogP contribution in [-0.2, 0) is 4.79 Å². The van der Waals surface area contributed by atoms with Crippen molar-refractivity contribution in [2.45, 2.75) is 26.7 Å². The lowest BCUT2D eigenvalue weighted by Gasteiger charge is -2.22. The minimum Gasteiger partial charge on any atom is -0.497 e. The summed E-state index contributed by atoms with van der Waals surface area (Å²) < 4.78 is 5.10. The Morgan fingerprint density at radius 3 is 2.71 bits per heavy atom. The molecule has 0 fully saturated rings. The second-order valence-corrected chi connectivity index (χ2v) is 6.05. The maximum atomic E-state index is 12.0. The third-order valence-corrected chi connectivity index (χ3v) is 4.16. The van der Waals surface area contributed by atoms with E-state index in [0.717, 1.165) is 41.1 Å². The number of hydrazone groups is 1. The standard InChI is InChI=1S/C19H25N3O2/c1-13(2)15-6-5-14(3)18(11-15)21-22-19(23)12-20-16-7-9-17(24-4)10-8-16/h5,7-10,15,20H,1,6,11-12H2,2-4H3,(H,22,23)/t15-/m0/s1. The molecule has 24 heavy (non-hydrogen) atoms. The highest BCUT2D eigenvalue weighted by Gasteiger charge is 2.18. The third-order valence-electron chi connectivity index (χ3n) is 4.16. The van der Waals surface area contributed by atoms with Gasteiger partial charge in [-0.15, -0.1) is 0 Å². The van der Waals surface area contributed by atoms with Crippen molar-refractivity contribution >= 4 is 17.3 Å². The Morgan fingerprint density at radius 2 is 2.08 bits per heavy atom. The summed E-state index contributed by atoms with van der Waals surface area (Å²) in [5.74, 6) is 1.01. The van der Waals surface area contributed by atoms with E-state index in [1.807, 2.05) is 38.1 Å². The van der Waals surface area contributed by atoms with E-state index in [9.17, 15) is 4.79 Å². The molecule has 0 aromatic heterocycles. The fraction of sp³-hybridized carbons (Fsp3) is 0.368. The number of hydrogen-bond acceptors (Lipinski definition) is 4. The molecule has 1 aliphatic carbocycles.